The average molecular weight is 446 g/mol. The van der Waals surface area contributed by atoms with Crippen LogP contribution in [0, 0.1) is 0 Å². The highest BCUT2D eigenvalue weighted by molar-refractivity contribution is 7.98. The molecule has 3 rings (SSSR count). The van der Waals surface area contributed by atoms with Gasteiger partial charge in [0.05, 0.1) is 13.7 Å². The lowest BCUT2D eigenvalue weighted by atomic mass is 10.2. The fraction of sp³-hybridized carbons (Fsp3) is 0.263. The van der Waals surface area contributed by atoms with Crippen LogP contribution in [0.2, 0.25) is 0 Å². The van der Waals surface area contributed by atoms with Gasteiger partial charge in [0.1, 0.15) is 11.4 Å². The SMILES string of the molecule is COc1ccc(C(=O)NCCCOC(=O)c2snnc2-c2cnc(SC)nc2)cc1. The number of rotatable bonds is 9. The molecular weight excluding hydrogens is 426 g/mol. The van der Waals surface area contributed by atoms with Gasteiger partial charge in [0.15, 0.2) is 10.0 Å². The highest BCUT2D eigenvalue weighted by Crippen LogP contribution is 2.24. The molecular formula is C19H19N5O4S2. The minimum atomic E-state index is -0.518. The molecule has 2 heterocycles. The first-order chi connectivity index (χ1) is 14.6. The zero-order valence-electron chi connectivity index (χ0n) is 16.3. The fourth-order valence-corrected chi connectivity index (χ4v) is 3.31. The summed E-state index contributed by atoms with van der Waals surface area (Å²) >= 11 is 2.38. The number of hydrogen-bond acceptors (Lipinski definition) is 10. The van der Waals surface area contributed by atoms with Crippen molar-refractivity contribution in [1.82, 2.24) is 24.9 Å². The van der Waals surface area contributed by atoms with E-state index >= 15 is 0 Å². The van der Waals surface area contributed by atoms with Crippen molar-refractivity contribution in [2.75, 3.05) is 26.5 Å². The second kappa shape index (κ2) is 10.6. The van der Waals surface area contributed by atoms with Crippen molar-refractivity contribution < 1.29 is 19.1 Å². The van der Waals surface area contributed by atoms with Crippen LogP contribution in [0.15, 0.2) is 41.8 Å². The fourth-order valence-electron chi connectivity index (χ4n) is 2.41. The first-order valence-corrected chi connectivity index (χ1v) is 10.9. The second-order valence-electron chi connectivity index (χ2n) is 5.88. The van der Waals surface area contributed by atoms with E-state index in [0.717, 1.165) is 11.5 Å². The Bertz CT molecular complexity index is 993. The van der Waals surface area contributed by atoms with Crippen molar-refractivity contribution in [3.8, 4) is 17.0 Å². The number of nitrogens with one attached hydrogen (secondary N) is 1. The Labute approximate surface area is 181 Å². The number of carbonyl (C=O) groups is 2. The third-order valence-corrected chi connectivity index (χ3v) is 5.23. The zero-order valence-corrected chi connectivity index (χ0v) is 18.0. The molecule has 0 spiro atoms. The van der Waals surface area contributed by atoms with Crippen molar-refractivity contribution in [2.24, 2.45) is 0 Å². The number of benzene rings is 1. The molecule has 156 valence electrons. The molecule has 2 aromatic heterocycles. The molecule has 0 saturated carbocycles. The summed E-state index contributed by atoms with van der Waals surface area (Å²) < 4.78 is 14.2. The van der Waals surface area contributed by atoms with Gasteiger partial charge < -0.3 is 14.8 Å². The van der Waals surface area contributed by atoms with E-state index in [-0.39, 0.29) is 17.4 Å². The molecule has 11 heteroatoms. The Morgan fingerprint density at radius 1 is 1.17 bits per heavy atom. The number of carbonyl (C=O) groups excluding carboxylic acids is 2. The van der Waals surface area contributed by atoms with Crippen molar-refractivity contribution in [3.63, 3.8) is 0 Å². The summed E-state index contributed by atoms with van der Waals surface area (Å²) in [6.45, 7) is 0.525. The summed E-state index contributed by atoms with van der Waals surface area (Å²) in [5.74, 6) is -0.0378. The molecule has 0 aliphatic carbocycles. The van der Waals surface area contributed by atoms with E-state index < -0.39 is 5.97 Å². The molecule has 0 radical (unpaired) electrons. The summed E-state index contributed by atoms with van der Waals surface area (Å²) in [5, 5.41) is 7.40. The van der Waals surface area contributed by atoms with Crippen molar-refractivity contribution in [2.45, 2.75) is 11.6 Å². The molecule has 1 amide bonds. The largest absolute Gasteiger partial charge is 0.497 e. The first-order valence-electron chi connectivity index (χ1n) is 8.90. The molecule has 1 aromatic carbocycles. The average Bonchev–Trinajstić information content (AvgIpc) is 3.29. The quantitative estimate of drug-likeness (QED) is 0.230. The van der Waals surface area contributed by atoms with Gasteiger partial charge in [-0.15, -0.1) is 5.10 Å². The number of hydrogen-bond donors (Lipinski definition) is 1. The van der Waals surface area contributed by atoms with Gasteiger partial charge in [-0.2, -0.15) is 0 Å². The topological polar surface area (TPSA) is 116 Å². The van der Waals surface area contributed by atoms with Gasteiger partial charge in [-0.05, 0) is 48.5 Å². The maximum absolute atomic E-state index is 12.4. The van der Waals surface area contributed by atoms with Crippen molar-refractivity contribution in [3.05, 3.63) is 47.1 Å². The minimum absolute atomic E-state index is 0.154. The molecule has 0 unspecified atom stereocenters. The molecule has 9 nitrogen and oxygen atoms in total. The molecule has 0 bridgehead atoms. The number of nitrogens with zero attached hydrogens (tertiary/aromatic N) is 4. The van der Waals surface area contributed by atoms with Crippen molar-refractivity contribution >= 4 is 35.2 Å². The smallest absolute Gasteiger partial charge is 0.352 e. The maximum atomic E-state index is 12.4. The third-order valence-electron chi connectivity index (χ3n) is 3.95. The highest BCUT2D eigenvalue weighted by Gasteiger charge is 2.20. The number of methoxy groups -OCH3 is 1. The highest BCUT2D eigenvalue weighted by atomic mass is 32.2. The number of thioether (sulfide) groups is 1. The van der Waals surface area contributed by atoms with Crippen LogP contribution < -0.4 is 10.1 Å². The Morgan fingerprint density at radius 3 is 2.57 bits per heavy atom. The summed E-state index contributed by atoms with van der Waals surface area (Å²) in [6.07, 6.45) is 5.55. The van der Waals surface area contributed by atoms with Crippen LogP contribution in [0.5, 0.6) is 5.75 Å². The number of aromatic nitrogens is 4. The summed E-state index contributed by atoms with van der Waals surface area (Å²) in [4.78, 5) is 33.1. The lowest BCUT2D eigenvalue weighted by molar-refractivity contribution is 0.0507. The summed E-state index contributed by atoms with van der Waals surface area (Å²) in [7, 11) is 1.57. The summed E-state index contributed by atoms with van der Waals surface area (Å²) in [6, 6.07) is 6.80. The van der Waals surface area contributed by atoms with E-state index in [0.29, 0.717) is 40.7 Å². The third kappa shape index (κ3) is 5.51. The molecule has 0 fully saturated rings. The molecule has 0 saturated heterocycles. The molecule has 1 N–H and O–H groups in total. The normalized spacial score (nSPS) is 10.5. The lowest BCUT2D eigenvalue weighted by Crippen LogP contribution is -2.25. The van der Waals surface area contributed by atoms with Gasteiger partial charge >= 0.3 is 5.97 Å². The van der Waals surface area contributed by atoms with Crippen LogP contribution in [0.1, 0.15) is 26.5 Å². The van der Waals surface area contributed by atoms with Crippen molar-refractivity contribution in [1.29, 1.82) is 0 Å². The Hall–Kier alpha value is -3.05. The Morgan fingerprint density at radius 2 is 1.90 bits per heavy atom. The molecule has 0 aliphatic rings. The molecule has 30 heavy (non-hydrogen) atoms. The van der Waals surface area contributed by atoms with E-state index in [2.05, 4.69) is 24.9 Å². The van der Waals surface area contributed by atoms with Crippen LogP contribution in [0.25, 0.3) is 11.3 Å². The van der Waals surface area contributed by atoms with E-state index in [9.17, 15) is 9.59 Å². The van der Waals surface area contributed by atoms with Crippen LogP contribution in [0.3, 0.4) is 0 Å². The molecule has 0 atom stereocenters. The molecule has 3 aromatic rings. The zero-order chi connectivity index (χ0) is 21.3. The summed E-state index contributed by atoms with van der Waals surface area (Å²) in [5.41, 5.74) is 1.52. The van der Waals surface area contributed by atoms with Crippen LogP contribution in [-0.4, -0.2) is 57.9 Å². The van der Waals surface area contributed by atoms with Gasteiger partial charge in [0.25, 0.3) is 5.91 Å². The van der Waals surface area contributed by atoms with Crippen LogP contribution in [-0.2, 0) is 4.74 Å². The van der Waals surface area contributed by atoms with Gasteiger partial charge in [-0.25, -0.2) is 14.8 Å². The Kier molecular flexibility index (Phi) is 7.69. The lowest BCUT2D eigenvalue weighted by Gasteiger charge is -2.07. The monoisotopic (exact) mass is 445 g/mol. The minimum Gasteiger partial charge on any atom is -0.497 e. The first kappa shape index (κ1) is 21.7. The van der Waals surface area contributed by atoms with Crippen LogP contribution in [0.4, 0.5) is 0 Å². The van der Waals surface area contributed by atoms with E-state index in [1.807, 2.05) is 6.26 Å². The predicted octanol–water partition coefficient (Wildman–Crippen LogP) is 2.70. The predicted molar refractivity (Wildman–Crippen MR) is 113 cm³/mol. The van der Waals surface area contributed by atoms with Gasteiger partial charge in [0, 0.05) is 30.1 Å². The standard InChI is InChI=1S/C19H19N5O4S2/c1-27-14-6-4-12(5-7-14)17(25)20-8-3-9-28-18(26)16-15(23-24-30-16)13-10-21-19(29-2)22-11-13/h4-7,10-11H,3,8-9H2,1-2H3,(H,20,25). The van der Waals surface area contributed by atoms with Gasteiger partial charge in [-0.3, -0.25) is 4.79 Å². The van der Waals surface area contributed by atoms with E-state index in [1.54, 1.807) is 43.8 Å². The van der Waals surface area contributed by atoms with E-state index in [1.165, 1.54) is 11.8 Å². The van der Waals surface area contributed by atoms with E-state index in [4.69, 9.17) is 9.47 Å². The Balaban J connectivity index is 1.46. The number of ether oxygens (including phenoxy) is 2. The number of amides is 1. The maximum Gasteiger partial charge on any atom is 0.352 e. The molecule has 0 aliphatic heterocycles. The number of esters is 1. The second-order valence-corrected chi connectivity index (χ2v) is 7.41. The van der Waals surface area contributed by atoms with Gasteiger partial charge in [-0.1, -0.05) is 16.3 Å². The van der Waals surface area contributed by atoms with Gasteiger partial charge in [0.2, 0.25) is 0 Å². The van der Waals surface area contributed by atoms with Crippen LogP contribution >= 0.6 is 23.3 Å².